The lowest BCUT2D eigenvalue weighted by atomic mass is 10.2. The molecule has 0 radical (unpaired) electrons. The third kappa shape index (κ3) is 3.03. The van der Waals surface area contributed by atoms with E-state index in [0.29, 0.717) is 5.75 Å². The van der Waals surface area contributed by atoms with E-state index in [1.165, 1.54) is 30.0 Å². The van der Waals surface area contributed by atoms with Gasteiger partial charge in [0.05, 0.1) is 7.11 Å². The number of ether oxygens (including phenoxy) is 1. The molecular weight excluding hydrogens is 332 g/mol. The van der Waals surface area contributed by atoms with Crippen LogP contribution in [0.3, 0.4) is 0 Å². The molecule has 0 saturated carbocycles. The van der Waals surface area contributed by atoms with Gasteiger partial charge in [0.2, 0.25) is 10.0 Å². The van der Waals surface area contributed by atoms with E-state index in [4.69, 9.17) is 4.74 Å². The number of methoxy groups -OCH3 is 1. The van der Waals surface area contributed by atoms with Crippen molar-refractivity contribution >= 4 is 15.5 Å². The standard InChI is InChI=1S/C15H16N4O4S/c1-18-15(20)14-7-13(9-19(14)10-16-18)24(21,22)17-8-11-3-5-12(23-2)6-4-11/h3-7,9-10,17H,8H2,1-2H3. The maximum atomic E-state index is 12.4. The molecule has 3 rings (SSSR count). The summed E-state index contributed by atoms with van der Waals surface area (Å²) in [4.78, 5) is 12.0. The van der Waals surface area contributed by atoms with Crippen molar-refractivity contribution < 1.29 is 13.2 Å². The predicted molar refractivity (Wildman–Crippen MR) is 87.5 cm³/mol. The van der Waals surface area contributed by atoms with Gasteiger partial charge in [0.1, 0.15) is 22.5 Å². The number of nitrogens with zero attached hydrogens (tertiary/aromatic N) is 3. The second kappa shape index (κ2) is 6.10. The number of rotatable bonds is 5. The van der Waals surface area contributed by atoms with Crippen molar-refractivity contribution in [1.29, 1.82) is 0 Å². The lowest BCUT2D eigenvalue weighted by molar-refractivity contribution is 0.414. The Kier molecular flexibility index (Phi) is 4.12. The molecule has 0 aliphatic heterocycles. The molecule has 0 amide bonds. The van der Waals surface area contributed by atoms with E-state index in [9.17, 15) is 13.2 Å². The van der Waals surface area contributed by atoms with Crippen LogP contribution in [0.5, 0.6) is 5.75 Å². The molecule has 2 heterocycles. The zero-order valence-corrected chi connectivity index (χ0v) is 13.9. The Morgan fingerprint density at radius 2 is 1.96 bits per heavy atom. The van der Waals surface area contributed by atoms with Crippen molar-refractivity contribution in [2.75, 3.05) is 7.11 Å². The van der Waals surface area contributed by atoms with Crippen LogP contribution >= 0.6 is 0 Å². The zero-order chi connectivity index (χ0) is 17.3. The van der Waals surface area contributed by atoms with Gasteiger partial charge in [-0.15, -0.1) is 0 Å². The van der Waals surface area contributed by atoms with Crippen LogP contribution in [0.25, 0.3) is 5.52 Å². The molecule has 24 heavy (non-hydrogen) atoms. The summed E-state index contributed by atoms with van der Waals surface area (Å²) in [6, 6.07) is 8.40. The highest BCUT2D eigenvalue weighted by Gasteiger charge is 2.17. The average Bonchev–Trinajstić information content (AvgIpc) is 3.03. The number of hydrogen-bond acceptors (Lipinski definition) is 5. The highest BCUT2D eigenvalue weighted by molar-refractivity contribution is 7.89. The summed E-state index contributed by atoms with van der Waals surface area (Å²) in [6.07, 6.45) is 2.75. The van der Waals surface area contributed by atoms with E-state index < -0.39 is 10.0 Å². The lowest BCUT2D eigenvalue weighted by Crippen LogP contribution is -2.22. The van der Waals surface area contributed by atoms with Crippen molar-refractivity contribution in [2.24, 2.45) is 7.05 Å². The molecule has 0 unspecified atom stereocenters. The summed E-state index contributed by atoms with van der Waals surface area (Å²) >= 11 is 0. The van der Waals surface area contributed by atoms with E-state index in [1.807, 2.05) is 0 Å². The Labute approximate surface area is 138 Å². The number of fused-ring (bicyclic) bond motifs is 1. The largest absolute Gasteiger partial charge is 0.497 e. The zero-order valence-electron chi connectivity index (χ0n) is 13.1. The minimum absolute atomic E-state index is 0.0149. The van der Waals surface area contributed by atoms with Gasteiger partial charge in [-0.3, -0.25) is 9.20 Å². The second-order valence-electron chi connectivity index (χ2n) is 5.20. The Hall–Kier alpha value is -2.65. The fourth-order valence-corrected chi connectivity index (χ4v) is 3.27. The normalized spacial score (nSPS) is 11.8. The molecule has 3 aromatic rings. The lowest BCUT2D eigenvalue weighted by Gasteiger charge is -2.06. The van der Waals surface area contributed by atoms with Gasteiger partial charge in [-0.1, -0.05) is 12.1 Å². The third-order valence-electron chi connectivity index (χ3n) is 3.62. The van der Waals surface area contributed by atoms with Crippen LogP contribution in [-0.2, 0) is 23.6 Å². The smallest absolute Gasteiger partial charge is 0.290 e. The molecular formula is C15H16N4O4S. The highest BCUT2D eigenvalue weighted by atomic mass is 32.2. The summed E-state index contributed by atoms with van der Waals surface area (Å²) in [6.45, 7) is 0.134. The molecule has 0 saturated heterocycles. The molecule has 126 valence electrons. The number of sulfonamides is 1. The number of aryl methyl sites for hydroxylation is 1. The van der Waals surface area contributed by atoms with Crippen LogP contribution in [-0.4, -0.2) is 29.7 Å². The molecule has 0 aliphatic carbocycles. The van der Waals surface area contributed by atoms with Crippen LogP contribution < -0.4 is 15.0 Å². The number of benzene rings is 1. The van der Waals surface area contributed by atoms with Gasteiger partial charge in [0, 0.05) is 19.8 Å². The monoisotopic (exact) mass is 348 g/mol. The first kappa shape index (κ1) is 16.2. The Balaban J connectivity index is 1.84. The quantitative estimate of drug-likeness (QED) is 0.725. The summed E-state index contributed by atoms with van der Waals surface area (Å²) in [5.41, 5.74) is 0.673. The van der Waals surface area contributed by atoms with Crippen LogP contribution in [0.2, 0.25) is 0 Å². The fourth-order valence-electron chi connectivity index (χ4n) is 2.22. The summed E-state index contributed by atoms with van der Waals surface area (Å²) in [5.74, 6) is 0.698. The van der Waals surface area contributed by atoms with Crippen LogP contribution in [0, 0.1) is 0 Å². The molecule has 8 nitrogen and oxygen atoms in total. The molecule has 0 aliphatic rings. The molecule has 2 aromatic heterocycles. The molecule has 0 atom stereocenters. The Morgan fingerprint density at radius 1 is 1.25 bits per heavy atom. The van der Waals surface area contributed by atoms with Crippen molar-refractivity contribution in [3.05, 3.63) is 58.8 Å². The minimum Gasteiger partial charge on any atom is -0.497 e. The Bertz CT molecular complexity index is 1040. The van der Waals surface area contributed by atoms with E-state index >= 15 is 0 Å². The first-order valence-corrected chi connectivity index (χ1v) is 8.55. The van der Waals surface area contributed by atoms with Crippen molar-refractivity contribution in [3.8, 4) is 5.75 Å². The van der Waals surface area contributed by atoms with Crippen LogP contribution in [0.4, 0.5) is 0 Å². The van der Waals surface area contributed by atoms with E-state index in [1.54, 1.807) is 31.4 Å². The van der Waals surface area contributed by atoms with Gasteiger partial charge in [0.15, 0.2) is 0 Å². The fraction of sp³-hybridized carbons (Fsp3) is 0.200. The summed E-state index contributed by atoms with van der Waals surface area (Å²) in [5, 5.41) is 3.85. The molecule has 0 spiro atoms. The third-order valence-corrected chi connectivity index (χ3v) is 4.99. The second-order valence-corrected chi connectivity index (χ2v) is 6.97. The van der Waals surface area contributed by atoms with Gasteiger partial charge in [-0.05, 0) is 23.8 Å². The van der Waals surface area contributed by atoms with Gasteiger partial charge in [-0.2, -0.15) is 5.10 Å². The van der Waals surface area contributed by atoms with E-state index in [0.717, 1.165) is 10.2 Å². The van der Waals surface area contributed by atoms with Crippen LogP contribution in [0.1, 0.15) is 5.56 Å². The number of hydrogen-bond donors (Lipinski definition) is 1. The predicted octanol–water partition coefficient (Wildman–Crippen LogP) is 0.520. The van der Waals surface area contributed by atoms with Gasteiger partial charge in [0.25, 0.3) is 5.56 Å². The van der Waals surface area contributed by atoms with Crippen molar-refractivity contribution in [1.82, 2.24) is 18.9 Å². The Morgan fingerprint density at radius 3 is 2.62 bits per heavy atom. The molecule has 1 N–H and O–H groups in total. The number of nitrogens with one attached hydrogen (secondary N) is 1. The first-order valence-electron chi connectivity index (χ1n) is 7.07. The van der Waals surface area contributed by atoms with Gasteiger partial charge in [-0.25, -0.2) is 17.8 Å². The SMILES string of the molecule is COc1ccc(CNS(=O)(=O)c2cc3c(=O)n(C)ncn3c2)cc1. The van der Waals surface area contributed by atoms with Crippen molar-refractivity contribution in [2.45, 2.75) is 11.4 Å². The molecule has 0 bridgehead atoms. The maximum absolute atomic E-state index is 12.4. The molecule has 1 aromatic carbocycles. The van der Waals surface area contributed by atoms with Gasteiger partial charge >= 0.3 is 0 Å². The highest BCUT2D eigenvalue weighted by Crippen LogP contribution is 2.14. The van der Waals surface area contributed by atoms with E-state index in [2.05, 4.69) is 9.82 Å². The molecule has 9 heteroatoms. The average molecular weight is 348 g/mol. The van der Waals surface area contributed by atoms with Crippen molar-refractivity contribution in [3.63, 3.8) is 0 Å². The topological polar surface area (TPSA) is 94.7 Å². The first-order chi connectivity index (χ1) is 11.4. The summed E-state index contributed by atoms with van der Waals surface area (Å²) in [7, 11) is -0.674. The minimum atomic E-state index is -3.74. The molecule has 0 fully saturated rings. The number of aromatic nitrogens is 3. The van der Waals surface area contributed by atoms with Gasteiger partial charge < -0.3 is 4.74 Å². The maximum Gasteiger partial charge on any atom is 0.290 e. The van der Waals surface area contributed by atoms with E-state index in [-0.39, 0.29) is 22.5 Å². The van der Waals surface area contributed by atoms with Crippen LogP contribution in [0.15, 0.2) is 52.5 Å². The summed E-state index contributed by atoms with van der Waals surface area (Å²) < 4.78 is 34.9.